The van der Waals surface area contributed by atoms with Gasteiger partial charge in [0.05, 0.1) is 24.1 Å². The largest absolute Gasteiger partial charge is 0.423 e. The van der Waals surface area contributed by atoms with Gasteiger partial charge in [0.25, 0.3) is 11.5 Å². The molecule has 3 rings (SSSR count). The van der Waals surface area contributed by atoms with E-state index in [4.69, 9.17) is 4.84 Å². The maximum absolute atomic E-state index is 14.5. The summed E-state index contributed by atoms with van der Waals surface area (Å²) in [4.78, 5) is 37.1. The van der Waals surface area contributed by atoms with E-state index in [0.717, 1.165) is 6.20 Å². The predicted octanol–water partition coefficient (Wildman–Crippen LogP) is 2.62. The highest BCUT2D eigenvalue weighted by Gasteiger charge is 2.37. The number of nitrogens with zero attached hydrogens (tertiary/aromatic N) is 4. The second kappa shape index (κ2) is 11.5. The summed E-state index contributed by atoms with van der Waals surface area (Å²) in [5.41, 5.74) is -2.31. The van der Waals surface area contributed by atoms with Gasteiger partial charge in [-0.3, -0.25) is 14.4 Å². The van der Waals surface area contributed by atoms with Crippen LogP contribution in [0, 0.1) is 0 Å². The number of alkyl halides is 7. The van der Waals surface area contributed by atoms with Gasteiger partial charge in [-0.15, -0.1) is 0 Å². The number of nitrogens with one attached hydrogen (secondary N) is 3. The van der Waals surface area contributed by atoms with Gasteiger partial charge in [0.2, 0.25) is 12.1 Å². The van der Waals surface area contributed by atoms with Crippen molar-refractivity contribution in [1.82, 2.24) is 25.6 Å². The summed E-state index contributed by atoms with van der Waals surface area (Å²) < 4.78 is 91.3. The summed E-state index contributed by atoms with van der Waals surface area (Å²) in [5.74, 6) is -1.07. The number of hydrogen-bond acceptors (Lipinski definition) is 8. The fraction of sp³-hybridized carbons (Fsp3) is 0.450. The Bertz CT molecular complexity index is 1170. The molecule has 3 heterocycles. The predicted molar refractivity (Wildman–Crippen MR) is 114 cm³/mol. The lowest BCUT2D eigenvalue weighted by Gasteiger charge is -2.27. The van der Waals surface area contributed by atoms with Gasteiger partial charge in [-0.1, -0.05) is 6.08 Å². The van der Waals surface area contributed by atoms with Crippen LogP contribution in [-0.4, -0.2) is 58.5 Å². The molecule has 0 saturated carbocycles. The van der Waals surface area contributed by atoms with Crippen LogP contribution < -0.4 is 21.3 Å². The van der Waals surface area contributed by atoms with E-state index in [0.29, 0.717) is 12.4 Å². The third kappa shape index (κ3) is 7.37. The maximum Gasteiger partial charge on any atom is 0.423 e. The summed E-state index contributed by atoms with van der Waals surface area (Å²) >= 11 is 0. The Kier molecular flexibility index (Phi) is 8.67. The number of rotatable bonds is 9. The Morgan fingerprint density at radius 2 is 1.84 bits per heavy atom. The molecule has 3 N–H and O–H groups in total. The van der Waals surface area contributed by atoms with Crippen LogP contribution in [0.25, 0.3) is 0 Å². The summed E-state index contributed by atoms with van der Waals surface area (Å²) in [7, 11) is 0. The second-order valence-electron chi connectivity index (χ2n) is 7.69. The number of amides is 1. The molecule has 0 aromatic carbocycles. The molecule has 0 bridgehead atoms. The SMILES string of the molecule is O=C(NOCCCNc1cn[nH]c(=O)c1C(F)(F)F)[C@@H](F)C1=CCN(c2ncc(C(F)(F)F)cn2)CC1. The Morgan fingerprint density at radius 1 is 1.14 bits per heavy atom. The molecule has 0 aliphatic carbocycles. The van der Waals surface area contributed by atoms with Crippen molar-refractivity contribution in [1.29, 1.82) is 0 Å². The molecule has 0 unspecified atom stereocenters. The van der Waals surface area contributed by atoms with Crippen LogP contribution in [0.2, 0.25) is 0 Å². The van der Waals surface area contributed by atoms with E-state index in [2.05, 4.69) is 20.4 Å². The van der Waals surface area contributed by atoms with Crippen molar-refractivity contribution in [2.24, 2.45) is 0 Å². The number of aromatic nitrogens is 4. The minimum absolute atomic E-state index is 0.0262. The first-order chi connectivity index (χ1) is 17.4. The molecule has 2 aromatic rings. The Labute approximate surface area is 203 Å². The number of hydroxylamine groups is 1. The van der Waals surface area contributed by atoms with Crippen LogP contribution in [0.3, 0.4) is 0 Å². The molecule has 10 nitrogen and oxygen atoms in total. The third-order valence-electron chi connectivity index (χ3n) is 5.10. The van der Waals surface area contributed by atoms with Crippen molar-refractivity contribution < 1.29 is 40.4 Å². The minimum Gasteiger partial charge on any atom is -0.383 e. The third-order valence-corrected chi connectivity index (χ3v) is 5.10. The van der Waals surface area contributed by atoms with Crippen LogP contribution in [0.4, 0.5) is 42.4 Å². The highest BCUT2D eigenvalue weighted by molar-refractivity contribution is 5.83. The maximum atomic E-state index is 14.5. The molecular formula is C20H20F7N7O3. The van der Waals surface area contributed by atoms with Crippen LogP contribution in [0.15, 0.2) is 35.0 Å². The summed E-state index contributed by atoms with van der Waals surface area (Å²) in [5, 5.41) is 7.41. The molecule has 202 valence electrons. The molecule has 0 fully saturated rings. The van der Waals surface area contributed by atoms with E-state index in [-0.39, 0.29) is 50.6 Å². The van der Waals surface area contributed by atoms with Crippen molar-refractivity contribution in [3.8, 4) is 0 Å². The van der Waals surface area contributed by atoms with E-state index in [9.17, 15) is 40.3 Å². The molecule has 1 aliphatic heterocycles. The molecule has 1 aliphatic rings. The van der Waals surface area contributed by atoms with E-state index in [1.165, 1.54) is 11.0 Å². The van der Waals surface area contributed by atoms with Gasteiger partial charge >= 0.3 is 12.4 Å². The van der Waals surface area contributed by atoms with Crippen LogP contribution >= 0.6 is 0 Å². The summed E-state index contributed by atoms with van der Waals surface area (Å²) in [6.45, 7) is -0.0236. The molecule has 0 saturated heterocycles. The van der Waals surface area contributed by atoms with E-state index < -0.39 is 46.8 Å². The monoisotopic (exact) mass is 539 g/mol. The van der Waals surface area contributed by atoms with E-state index in [1.54, 1.807) is 5.10 Å². The quantitative estimate of drug-likeness (QED) is 0.192. The van der Waals surface area contributed by atoms with Gasteiger partial charge in [0.1, 0.15) is 5.56 Å². The Hall–Kier alpha value is -3.76. The summed E-state index contributed by atoms with van der Waals surface area (Å²) in [6.07, 6.45) is -7.86. The molecular weight excluding hydrogens is 519 g/mol. The van der Waals surface area contributed by atoms with Crippen molar-refractivity contribution in [2.75, 3.05) is 36.5 Å². The highest BCUT2D eigenvalue weighted by Crippen LogP contribution is 2.31. The van der Waals surface area contributed by atoms with Crippen LogP contribution in [0.1, 0.15) is 24.0 Å². The number of H-pyrrole nitrogens is 1. The number of hydrogen-bond donors (Lipinski definition) is 3. The first-order valence-electron chi connectivity index (χ1n) is 10.7. The standard InChI is InChI=1S/C20H20F7N7O3/c21-15(11-2-5-34(6-3-11)18-29-8-12(9-30-18)19(22,23)24)17(36)33-37-7-1-4-28-13-10-31-32-16(35)14(13)20(25,26)27/h2,8-10,15H,1,3-7H2,(H,33,36)(H2,28,32,35)/t15-/m0/s1. The average Bonchev–Trinajstić information content (AvgIpc) is 2.84. The number of aromatic amines is 1. The topological polar surface area (TPSA) is 125 Å². The van der Waals surface area contributed by atoms with Crippen LogP contribution in [0.5, 0.6) is 0 Å². The zero-order chi connectivity index (χ0) is 27.2. The lowest BCUT2D eigenvalue weighted by molar-refractivity contribution is -0.139. The number of carbonyl (C=O) groups excluding carboxylic acids is 1. The van der Waals surface area contributed by atoms with Crippen LogP contribution in [-0.2, 0) is 22.0 Å². The first kappa shape index (κ1) is 27.8. The number of anilines is 2. The number of carbonyl (C=O) groups is 1. The van der Waals surface area contributed by atoms with Crippen molar-refractivity contribution >= 4 is 17.5 Å². The normalized spacial score (nSPS) is 15.2. The lowest BCUT2D eigenvalue weighted by atomic mass is 10.0. The van der Waals surface area contributed by atoms with E-state index >= 15 is 0 Å². The molecule has 2 aromatic heterocycles. The smallest absolute Gasteiger partial charge is 0.383 e. The lowest BCUT2D eigenvalue weighted by Crippen LogP contribution is -2.37. The number of halogens is 7. The molecule has 0 spiro atoms. The minimum atomic E-state index is -4.89. The summed E-state index contributed by atoms with van der Waals surface area (Å²) in [6, 6.07) is 0. The van der Waals surface area contributed by atoms with Crippen molar-refractivity contribution in [2.45, 2.75) is 31.4 Å². The molecule has 0 radical (unpaired) electrons. The second-order valence-corrected chi connectivity index (χ2v) is 7.69. The fourth-order valence-electron chi connectivity index (χ4n) is 3.25. The van der Waals surface area contributed by atoms with Gasteiger partial charge in [-0.05, 0) is 18.4 Å². The molecule has 1 amide bonds. The Morgan fingerprint density at radius 3 is 2.43 bits per heavy atom. The van der Waals surface area contributed by atoms with E-state index in [1.807, 2.05) is 5.48 Å². The van der Waals surface area contributed by atoms with Gasteiger partial charge in [-0.25, -0.2) is 24.9 Å². The molecule has 1 atom stereocenters. The van der Waals surface area contributed by atoms with Crippen molar-refractivity contribution in [3.05, 3.63) is 51.7 Å². The molecule has 37 heavy (non-hydrogen) atoms. The highest BCUT2D eigenvalue weighted by atomic mass is 19.4. The first-order valence-corrected chi connectivity index (χ1v) is 10.7. The average molecular weight is 539 g/mol. The van der Waals surface area contributed by atoms with Crippen molar-refractivity contribution in [3.63, 3.8) is 0 Å². The van der Waals surface area contributed by atoms with Gasteiger partial charge < -0.3 is 10.2 Å². The van der Waals surface area contributed by atoms with Gasteiger partial charge in [0.15, 0.2) is 0 Å². The Balaban J connectivity index is 1.41. The zero-order valence-electron chi connectivity index (χ0n) is 18.8. The fourth-order valence-corrected chi connectivity index (χ4v) is 3.25. The van der Waals surface area contributed by atoms with Gasteiger partial charge in [0, 0.05) is 32.0 Å². The zero-order valence-corrected chi connectivity index (χ0v) is 18.8. The molecule has 17 heteroatoms. The van der Waals surface area contributed by atoms with Gasteiger partial charge in [-0.2, -0.15) is 31.4 Å².